The van der Waals surface area contributed by atoms with E-state index in [0.717, 1.165) is 31.6 Å². The topological polar surface area (TPSA) is 76.0 Å². The summed E-state index contributed by atoms with van der Waals surface area (Å²) in [5, 5.41) is 21.6. The molecule has 1 heterocycles. The zero-order chi connectivity index (χ0) is 25.2. The van der Waals surface area contributed by atoms with Crippen LogP contribution in [0.1, 0.15) is 106 Å². The maximum absolute atomic E-state index is 11.8. The molecule has 0 aromatic carbocycles. The van der Waals surface area contributed by atoms with Crippen LogP contribution in [0.5, 0.6) is 0 Å². The second-order valence-electron chi connectivity index (χ2n) is 15.0. The van der Waals surface area contributed by atoms with E-state index in [-0.39, 0.29) is 29.7 Å². The molecule has 11 atom stereocenters. The SMILES string of the molecule is CC(=O)O[C@@H](C1CCC2C(CC3C4CCC5C(C)(C)[C@@H](O)CCC56CC46CCC23C)O1)C(C)(C)O. The molecule has 6 rings (SSSR count). The third-order valence-corrected chi connectivity index (χ3v) is 12.9. The first-order valence-corrected chi connectivity index (χ1v) is 14.5. The van der Waals surface area contributed by atoms with Crippen LogP contribution in [-0.4, -0.2) is 46.2 Å². The van der Waals surface area contributed by atoms with Crippen molar-refractivity contribution >= 4 is 5.97 Å². The fourth-order valence-electron chi connectivity index (χ4n) is 11.3. The smallest absolute Gasteiger partial charge is 0.303 e. The molecule has 9 unspecified atom stereocenters. The molecule has 5 aliphatic carbocycles. The average Bonchev–Trinajstić information content (AvgIpc) is 3.34. The normalized spacial score (nSPS) is 52.7. The van der Waals surface area contributed by atoms with Crippen LogP contribution in [0.15, 0.2) is 0 Å². The van der Waals surface area contributed by atoms with Gasteiger partial charge in [0.25, 0.3) is 0 Å². The quantitative estimate of drug-likeness (QED) is 0.530. The van der Waals surface area contributed by atoms with Gasteiger partial charge in [-0.15, -0.1) is 0 Å². The summed E-state index contributed by atoms with van der Waals surface area (Å²) in [6.45, 7) is 12.1. The molecule has 5 heteroatoms. The van der Waals surface area contributed by atoms with Gasteiger partial charge >= 0.3 is 5.97 Å². The minimum Gasteiger partial charge on any atom is -0.457 e. The molecule has 0 aromatic rings. The molecule has 0 aromatic heterocycles. The average molecular weight is 489 g/mol. The van der Waals surface area contributed by atoms with E-state index in [4.69, 9.17) is 9.47 Å². The number of ether oxygens (including phenoxy) is 2. The Morgan fingerprint density at radius 2 is 1.69 bits per heavy atom. The van der Waals surface area contributed by atoms with Crippen molar-refractivity contribution in [2.24, 2.45) is 45.3 Å². The monoisotopic (exact) mass is 488 g/mol. The van der Waals surface area contributed by atoms with Crippen molar-refractivity contribution < 1.29 is 24.5 Å². The number of carbonyl (C=O) groups is 1. The summed E-state index contributed by atoms with van der Waals surface area (Å²) in [6.07, 6.45) is 11.1. The van der Waals surface area contributed by atoms with Crippen molar-refractivity contribution in [3.63, 3.8) is 0 Å². The van der Waals surface area contributed by atoms with Crippen LogP contribution in [0, 0.1) is 45.3 Å². The van der Waals surface area contributed by atoms with Crippen LogP contribution >= 0.6 is 0 Å². The number of aliphatic hydroxyl groups is 2. The van der Waals surface area contributed by atoms with E-state index in [0.29, 0.717) is 34.0 Å². The van der Waals surface area contributed by atoms with E-state index in [1.165, 1.54) is 45.4 Å². The summed E-state index contributed by atoms with van der Waals surface area (Å²) in [5.41, 5.74) is 0.212. The van der Waals surface area contributed by atoms with Gasteiger partial charge in [-0.25, -0.2) is 0 Å². The van der Waals surface area contributed by atoms with Crippen LogP contribution in [-0.2, 0) is 14.3 Å². The lowest BCUT2D eigenvalue weighted by molar-refractivity contribution is -0.200. The summed E-state index contributed by atoms with van der Waals surface area (Å²) < 4.78 is 12.4. The highest BCUT2D eigenvalue weighted by atomic mass is 16.6. The van der Waals surface area contributed by atoms with E-state index in [1.807, 2.05) is 0 Å². The van der Waals surface area contributed by atoms with Gasteiger partial charge in [-0.3, -0.25) is 4.79 Å². The molecule has 35 heavy (non-hydrogen) atoms. The standard InChI is InChI=1S/C30H48O5/c1-17(31)34-25(27(4,5)33)21-9-7-19-22(35-21)15-20-18-8-10-23-26(2,3)24(32)11-12-30(23)16-29(18,30)14-13-28(19,20)6/h18-25,32-33H,7-16H2,1-6H3/t18?,19?,20?,21?,22?,23?,24-,25-,28?,29?,30?/m0/s1. The van der Waals surface area contributed by atoms with Crippen LogP contribution in [0.2, 0.25) is 0 Å². The Morgan fingerprint density at radius 3 is 2.37 bits per heavy atom. The van der Waals surface area contributed by atoms with Gasteiger partial charge in [-0.1, -0.05) is 20.8 Å². The Morgan fingerprint density at radius 1 is 0.971 bits per heavy atom. The number of hydrogen-bond donors (Lipinski definition) is 2. The highest BCUT2D eigenvalue weighted by Gasteiger charge is 2.80. The van der Waals surface area contributed by atoms with Gasteiger partial charge in [-0.2, -0.15) is 0 Å². The highest BCUT2D eigenvalue weighted by molar-refractivity contribution is 5.66. The predicted molar refractivity (Wildman–Crippen MR) is 133 cm³/mol. The molecule has 0 amide bonds. The van der Waals surface area contributed by atoms with Gasteiger partial charge in [0, 0.05) is 6.92 Å². The molecule has 1 aliphatic heterocycles. The number of fused-ring (bicyclic) bond motifs is 4. The van der Waals surface area contributed by atoms with Gasteiger partial charge in [0.1, 0.15) is 0 Å². The van der Waals surface area contributed by atoms with Gasteiger partial charge in [0.05, 0.1) is 23.9 Å². The minimum absolute atomic E-state index is 0.0380. The van der Waals surface area contributed by atoms with Crippen molar-refractivity contribution in [1.82, 2.24) is 0 Å². The molecule has 2 spiro atoms. The van der Waals surface area contributed by atoms with Crippen LogP contribution < -0.4 is 0 Å². The third-order valence-electron chi connectivity index (χ3n) is 12.9. The largest absolute Gasteiger partial charge is 0.457 e. The summed E-state index contributed by atoms with van der Waals surface area (Å²) in [4.78, 5) is 11.8. The summed E-state index contributed by atoms with van der Waals surface area (Å²) in [5.74, 6) is 2.37. The van der Waals surface area contributed by atoms with E-state index in [9.17, 15) is 15.0 Å². The first-order chi connectivity index (χ1) is 16.3. The Kier molecular flexibility index (Phi) is 5.27. The van der Waals surface area contributed by atoms with E-state index in [2.05, 4.69) is 20.8 Å². The Hall–Kier alpha value is -0.650. The van der Waals surface area contributed by atoms with Crippen molar-refractivity contribution in [2.75, 3.05) is 0 Å². The molecule has 5 saturated carbocycles. The molecule has 1 saturated heterocycles. The van der Waals surface area contributed by atoms with Crippen molar-refractivity contribution in [3.05, 3.63) is 0 Å². The fraction of sp³-hybridized carbons (Fsp3) is 0.967. The molecular formula is C30H48O5. The first-order valence-electron chi connectivity index (χ1n) is 14.5. The molecule has 0 radical (unpaired) electrons. The number of hydrogen-bond acceptors (Lipinski definition) is 5. The molecular weight excluding hydrogens is 440 g/mol. The van der Waals surface area contributed by atoms with Crippen molar-refractivity contribution in [3.8, 4) is 0 Å². The number of carbonyl (C=O) groups excluding carboxylic acids is 1. The molecule has 2 N–H and O–H groups in total. The maximum atomic E-state index is 11.8. The number of esters is 1. The Labute approximate surface area is 211 Å². The Balaban J connectivity index is 1.24. The second kappa shape index (κ2) is 7.47. The lowest BCUT2D eigenvalue weighted by atomic mass is 9.46. The molecule has 0 bridgehead atoms. The first kappa shape index (κ1) is 24.7. The minimum atomic E-state index is -1.13. The Bertz CT molecular complexity index is 892. The molecule has 5 nitrogen and oxygen atoms in total. The lowest BCUT2D eigenvalue weighted by Gasteiger charge is -2.59. The van der Waals surface area contributed by atoms with Crippen molar-refractivity contribution in [2.45, 2.75) is 136 Å². The maximum Gasteiger partial charge on any atom is 0.303 e. The molecule has 198 valence electrons. The van der Waals surface area contributed by atoms with Gasteiger partial charge in [-0.05, 0) is 123 Å². The van der Waals surface area contributed by atoms with Gasteiger partial charge < -0.3 is 19.7 Å². The summed E-state index contributed by atoms with van der Waals surface area (Å²) >= 11 is 0. The summed E-state index contributed by atoms with van der Waals surface area (Å²) in [7, 11) is 0. The third kappa shape index (κ3) is 3.19. The second-order valence-corrected chi connectivity index (χ2v) is 15.0. The van der Waals surface area contributed by atoms with Crippen LogP contribution in [0.25, 0.3) is 0 Å². The van der Waals surface area contributed by atoms with Crippen molar-refractivity contribution in [1.29, 1.82) is 0 Å². The van der Waals surface area contributed by atoms with E-state index >= 15 is 0 Å². The fourth-order valence-corrected chi connectivity index (χ4v) is 11.3. The van der Waals surface area contributed by atoms with Crippen LogP contribution in [0.3, 0.4) is 0 Å². The van der Waals surface area contributed by atoms with Gasteiger partial charge in [0.15, 0.2) is 6.10 Å². The molecule has 6 aliphatic rings. The number of aliphatic hydroxyl groups excluding tert-OH is 1. The predicted octanol–water partition coefficient (Wildman–Crippen LogP) is 5.26. The summed E-state index contributed by atoms with van der Waals surface area (Å²) in [6, 6.07) is 0. The van der Waals surface area contributed by atoms with Crippen LogP contribution in [0.4, 0.5) is 0 Å². The van der Waals surface area contributed by atoms with E-state index < -0.39 is 11.7 Å². The van der Waals surface area contributed by atoms with Gasteiger partial charge in [0.2, 0.25) is 0 Å². The lowest BCUT2D eigenvalue weighted by Crippen LogP contribution is -2.54. The number of rotatable bonds is 3. The highest BCUT2D eigenvalue weighted by Crippen LogP contribution is 2.87. The zero-order valence-electron chi connectivity index (χ0n) is 22.8. The zero-order valence-corrected chi connectivity index (χ0v) is 22.8. The van der Waals surface area contributed by atoms with E-state index in [1.54, 1.807) is 13.8 Å². The molecule has 6 fully saturated rings.